The molecule has 94 valence electrons. The lowest BCUT2D eigenvalue weighted by atomic mass is 10.1. The van der Waals surface area contributed by atoms with Crippen molar-refractivity contribution in [1.82, 2.24) is 9.97 Å². The zero-order chi connectivity index (χ0) is 12.5. The zero-order valence-corrected chi connectivity index (χ0v) is 12.8. The molecule has 2 N–H and O–H groups in total. The lowest BCUT2D eigenvalue weighted by molar-refractivity contribution is 0.785. The molecule has 0 saturated carbocycles. The number of H-pyrrole nitrogens is 1. The molecule has 0 amide bonds. The van der Waals surface area contributed by atoms with Crippen LogP contribution in [0.2, 0.25) is 0 Å². The van der Waals surface area contributed by atoms with Crippen LogP contribution >= 0.6 is 39.5 Å². The number of aromatic nitrogens is 2. The van der Waals surface area contributed by atoms with E-state index in [0.29, 0.717) is 4.77 Å². The molecule has 0 aliphatic carbocycles. The Hall–Kier alpha value is -0.720. The monoisotopic (exact) mass is 341 g/mol. The van der Waals surface area contributed by atoms with Gasteiger partial charge in [0, 0.05) is 12.1 Å². The molecule has 0 aromatic carbocycles. The van der Waals surface area contributed by atoms with Crippen LogP contribution in [-0.4, -0.2) is 16.5 Å². The molecule has 3 nitrogen and oxygen atoms in total. The van der Waals surface area contributed by atoms with E-state index in [1.165, 1.54) is 23.3 Å². The molecule has 0 saturated heterocycles. The van der Waals surface area contributed by atoms with Crippen molar-refractivity contribution in [3.8, 4) is 10.6 Å². The molecule has 3 rings (SSSR count). The van der Waals surface area contributed by atoms with Gasteiger partial charge in [0.2, 0.25) is 0 Å². The molecule has 18 heavy (non-hydrogen) atoms. The van der Waals surface area contributed by atoms with Crippen molar-refractivity contribution in [2.24, 2.45) is 0 Å². The topological polar surface area (TPSA) is 40.7 Å². The summed E-state index contributed by atoms with van der Waals surface area (Å²) >= 11 is 10.4. The van der Waals surface area contributed by atoms with E-state index < -0.39 is 0 Å². The summed E-state index contributed by atoms with van der Waals surface area (Å²) in [5.41, 5.74) is 2.38. The lowest BCUT2D eigenvalue weighted by Gasteiger charge is -2.10. The fraction of sp³-hybridized carbons (Fsp3) is 0.333. The molecule has 1 aliphatic rings. The van der Waals surface area contributed by atoms with Crippen LogP contribution in [0.25, 0.3) is 10.6 Å². The first kappa shape index (κ1) is 12.3. The third-order valence-corrected chi connectivity index (χ3v) is 4.83. The van der Waals surface area contributed by atoms with Gasteiger partial charge in [-0.1, -0.05) is 0 Å². The van der Waals surface area contributed by atoms with Gasteiger partial charge in [0.15, 0.2) is 4.77 Å². The molecular weight excluding hydrogens is 330 g/mol. The van der Waals surface area contributed by atoms with Crippen LogP contribution in [0.15, 0.2) is 15.9 Å². The van der Waals surface area contributed by atoms with Gasteiger partial charge in [-0.05, 0) is 59.5 Å². The van der Waals surface area contributed by atoms with Crippen LogP contribution in [-0.2, 0) is 6.42 Å². The highest BCUT2D eigenvalue weighted by Crippen LogP contribution is 2.35. The zero-order valence-electron chi connectivity index (χ0n) is 9.62. The summed E-state index contributed by atoms with van der Waals surface area (Å²) in [6, 6.07) is 4.17. The highest BCUT2D eigenvalue weighted by Gasteiger charge is 2.16. The molecule has 0 bridgehead atoms. The van der Waals surface area contributed by atoms with Crippen molar-refractivity contribution in [3.63, 3.8) is 0 Å². The molecule has 2 aromatic heterocycles. The summed E-state index contributed by atoms with van der Waals surface area (Å²) in [4.78, 5) is 8.86. The standard InChI is InChI=1S/C12H12BrN3S2/c13-9-5-4-8(18-9)10-7-3-1-2-6-14-11(7)16-12(17)15-10/h4-5H,1-3,6H2,(H2,14,15,16,17). The van der Waals surface area contributed by atoms with Gasteiger partial charge in [0.25, 0.3) is 0 Å². The summed E-state index contributed by atoms with van der Waals surface area (Å²) in [6.45, 7) is 0.979. The van der Waals surface area contributed by atoms with Gasteiger partial charge >= 0.3 is 0 Å². The van der Waals surface area contributed by atoms with Crippen molar-refractivity contribution in [1.29, 1.82) is 0 Å². The van der Waals surface area contributed by atoms with Gasteiger partial charge in [-0.15, -0.1) is 11.3 Å². The SMILES string of the molecule is S=c1nc2c(c(-c3ccc(Br)s3)[nH]1)CCCCN2. The number of anilines is 1. The van der Waals surface area contributed by atoms with Crippen molar-refractivity contribution < 1.29 is 0 Å². The summed E-state index contributed by atoms with van der Waals surface area (Å²) in [6.07, 6.45) is 3.41. The first-order valence-electron chi connectivity index (χ1n) is 5.87. The number of nitrogens with zero attached hydrogens (tertiary/aromatic N) is 1. The van der Waals surface area contributed by atoms with E-state index in [4.69, 9.17) is 12.2 Å². The minimum Gasteiger partial charge on any atom is -0.370 e. The van der Waals surface area contributed by atoms with Gasteiger partial charge in [-0.3, -0.25) is 0 Å². The van der Waals surface area contributed by atoms with Gasteiger partial charge in [-0.25, -0.2) is 4.98 Å². The molecule has 0 radical (unpaired) electrons. The van der Waals surface area contributed by atoms with Crippen molar-refractivity contribution >= 4 is 45.3 Å². The highest BCUT2D eigenvalue weighted by molar-refractivity contribution is 9.11. The number of hydrogen-bond acceptors (Lipinski definition) is 4. The molecule has 6 heteroatoms. The maximum Gasteiger partial charge on any atom is 0.199 e. The van der Waals surface area contributed by atoms with E-state index in [9.17, 15) is 0 Å². The fourth-order valence-corrected chi connectivity index (χ4v) is 3.79. The van der Waals surface area contributed by atoms with Crippen LogP contribution in [0.4, 0.5) is 5.82 Å². The van der Waals surface area contributed by atoms with Crippen molar-refractivity contribution in [3.05, 3.63) is 26.3 Å². The first-order chi connectivity index (χ1) is 8.74. The molecule has 1 aliphatic heterocycles. The Labute approximate surface area is 123 Å². The Balaban J connectivity index is 2.19. The minimum absolute atomic E-state index is 0.544. The predicted molar refractivity (Wildman–Crippen MR) is 81.9 cm³/mol. The molecule has 0 atom stereocenters. The van der Waals surface area contributed by atoms with Crippen LogP contribution in [0.3, 0.4) is 0 Å². The van der Waals surface area contributed by atoms with Crippen LogP contribution in [0.5, 0.6) is 0 Å². The van der Waals surface area contributed by atoms with Crippen molar-refractivity contribution in [2.75, 3.05) is 11.9 Å². The van der Waals surface area contributed by atoms with E-state index in [1.807, 2.05) is 0 Å². The third-order valence-electron chi connectivity index (χ3n) is 3.00. The molecule has 0 unspecified atom stereocenters. The average molecular weight is 342 g/mol. The van der Waals surface area contributed by atoms with E-state index in [0.717, 1.165) is 28.3 Å². The van der Waals surface area contributed by atoms with E-state index in [-0.39, 0.29) is 0 Å². The second-order valence-electron chi connectivity index (χ2n) is 4.23. The Bertz CT molecular complexity index is 632. The number of aromatic amines is 1. The number of halogens is 1. The quantitative estimate of drug-likeness (QED) is 0.756. The maximum absolute atomic E-state index is 5.22. The number of fused-ring (bicyclic) bond motifs is 1. The molecular formula is C12H12BrN3S2. The van der Waals surface area contributed by atoms with E-state index >= 15 is 0 Å². The van der Waals surface area contributed by atoms with Gasteiger partial charge in [0.1, 0.15) is 5.82 Å². The number of nitrogens with one attached hydrogen (secondary N) is 2. The summed E-state index contributed by atoms with van der Waals surface area (Å²) in [5, 5.41) is 3.38. The third kappa shape index (κ3) is 2.37. The normalized spacial score (nSPS) is 14.7. The van der Waals surface area contributed by atoms with E-state index in [2.05, 4.69) is 43.3 Å². The van der Waals surface area contributed by atoms with Gasteiger partial charge in [-0.2, -0.15) is 0 Å². The number of hydrogen-bond donors (Lipinski definition) is 2. The molecule has 0 fully saturated rings. The van der Waals surface area contributed by atoms with Gasteiger partial charge < -0.3 is 10.3 Å². The second kappa shape index (κ2) is 5.11. The van der Waals surface area contributed by atoms with Gasteiger partial charge in [0.05, 0.1) is 14.4 Å². The largest absolute Gasteiger partial charge is 0.370 e. The summed E-state index contributed by atoms with van der Waals surface area (Å²) in [7, 11) is 0. The first-order valence-corrected chi connectivity index (χ1v) is 7.88. The molecule has 0 spiro atoms. The maximum atomic E-state index is 5.22. The lowest BCUT2D eigenvalue weighted by Crippen LogP contribution is -2.04. The number of rotatable bonds is 1. The van der Waals surface area contributed by atoms with Crippen LogP contribution in [0, 0.1) is 4.77 Å². The van der Waals surface area contributed by atoms with Crippen molar-refractivity contribution in [2.45, 2.75) is 19.3 Å². The van der Waals surface area contributed by atoms with Crippen LogP contribution < -0.4 is 5.32 Å². The second-order valence-corrected chi connectivity index (χ2v) is 7.08. The average Bonchev–Trinajstić information content (AvgIpc) is 2.63. The predicted octanol–water partition coefficient (Wildman–Crippen LogP) is 4.38. The molecule has 3 heterocycles. The summed E-state index contributed by atoms with van der Waals surface area (Å²) < 4.78 is 1.67. The van der Waals surface area contributed by atoms with E-state index in [1.54, 1.807) is 11.3 Å². The Morgan fingerprint density at radius 3 is 3.00 bits per heavy atom. The summed E-state index contributed by atoms with van der Waals surface area (Å²) in [5.74, 6) is 0.954. The minimum atomic E-state index is 0.544. The smallest absolute Gasteiger partial charge is 0.199 e. The Kier molecular flexibility index (Phi) is 3.50. The fourth-order valence-electron chi connectivity index (χ4n) is 2.18. The Morgan fingerprint density at radius 2 is 2.22 bits per heavy atom. The van der Waals surface area contributed by atoms with Crippen LogP contribution in [0.1, 0.15) is 18.4 Å². The Morgan fingerprint density at radius 1 is 1.33 bits per heavy atom. The molecule has 2 aromatic rings. The number of thiophene rings is 1. The highest BCUT2D eigenvalue weighted by atomic mass is 79.9.